The summed E-state index contributed by atoms with van der Waals surface area (Å²) < 4.78 is 0. The highest BCUT2D eigenvalue weighted by molar-refractivity contribution is 5.88. The van der Waals surface area contributed by atoms with Gasteiger partial charge in [-0.3, -0.25) is 4.79 Å². The van der Waals surface area contributed by atoms with Crippen LogP contribution in [0.4, 0.5) is 0 Å². The fourth-order valence-electron chi connectivity index (χ4n) is 3.80. The molecule has 0 bridgehead atoms. The fourth-order valence-corrected chi connectivity index (χ4v) is 3.80. The molecule has 0 heterocycles. The Bertz CT molecular complexity index is 344. The molecule has 2 saturated carbocycles. The van der Waals surface area contributed by atoms with Crippen LogP contribution in [0, 0.1) is 23.2 Å². The van der Waals surface area contributed by atoms with E-state index in [4.69, 9.17) is 0 Å². The smallest absolute Gasteiger partial charge is 0.146 e. The van der Waals surface area contributed by atoms with Gasteiger partial charge in [0.2, 0.25) is 0 Å². The highest BCUT2D eigenvalue weighted by Crippen LogP contribution is 2.65. The third-order valence-electron chi connectivity index (χ3n) is 4.72. The molecular weight excluding hydrogens is 188 g/mol. The van der Waals surface area contributed by atoms with Crippen molar-refractivity contribution < 1.29 is 9.59 Å². The van der Waals surface area contributed by atoms with Gasteiger partial charge in [0.05, 0.1) is 5.41 Å². The summed E-state index contributed by atoms with van der Waals surface area (Å²) in [5, 5.41) is 0. The average molecular weight is 204 g/mol. The number of fused-ring (bicyclic) bond motifs is 3. The van der Waals surface area contributed by atoms with Gasteiger partial charge in [-0.05, 0) is 37.0 Å². The molecule has 0 saturated heterocycles. The molecule has 0 aliphatic heterocycles. The van der Waals surface area contributed by atoms with Crippen LogP contribution in [0.1, 0.15) is 32.1 Å². The summed E-state index contributed by atoms with van der Waals surface area (Å²) in [6, 6.07) is 0. The zero-order chi connectivity index (χ0) is 10.5. The molecule has 80 valence electrons. The number of hydrogen-bond donors (Lipinski definition) is 0. The van der Waals surface area contributed by atoms with Crippen molar-refractivity contribution in [1.82, 2.24) is 0 Å². The zero-order valence-corrected chi connectivity index (χ0v) is 8.82. The van der Waals surface area contributed by atoms with E-state index in [1.165, 1.54) is 25.7 Å². The van der Waals surface area contributed by atoms with Crippen molar-refractivity contribution in [1.29, 1.82) is 0 Å². The summed E-state index contributed by atoms with van der Waals surface area (Å²) in [4.78, 5) is 22.2. The topological polar surface area (TPSA) is 34.1 Å². The molecule has 0 aromatic heterocycles. The van der Waals surface area contributed by atoms with Crippen LogP contribution < -0.4 is 0 Å². The molecule has 2 nitrogen and oxygen atoms in total. The molecule has 0 spiro atoms. The molecule has 3 aliphatic rings. The molecule has 0 aromatic carbocycles. The molecule has 4 atom stereocenters. The lowest BCUT2D eigenvalue weighted by Gasteiger charge is -2.35. The van der Waals surface area contributed by atoms with E-state index >= 15 is 0 Å². The Kier molecular flexibility index (Phi) is 1.88. The molecule has 15 heavy (non-hydrogen) atoms. The van der Waals surface area contributed by atoms with Crippen molar-refractivity contribution in [2.24, 2.45) is 23.2 Å². The van der Waals surface area contributed by atoms with Gasteiger partial charge in [0.15, 0.2) is 0 Å². The van der Waals surface area contributed by atoms with Crippen molar-refractivity contribution in [2.45, 2.75) is 32.1 Å². The molecule has 0 radical (unpaired) electrons. The molecule has 0 unspecified atom stereocenters. The monoisotopic (exact) mass is 204 g/mol. The van der Waals surface area contributed by atoms with E-state index in [0.717, 1.165) is 24.6 Å². The van der Waals surface area contributed by atoms with Gasteiger partial charge in [0.1, 0.15) is 12.6 Å². The highest BCUT2D eigenvalue weighted by atomic mass is 16.1. The van der Waals surface area contributed by atoms with Crippen molar-refractivity contribution in [3.63, 3.8) is 0 Å². The van der Waals surface area contributed by atoms with Gasteiger partial charge in [-0.15, -0.1) is 0 Å². The minimum absolute atomic E-state index is 0.347. The van der Waals surface area contributed by atoms with E-state index < -0.39 is 0 Å². The summed E-state index contributed by atoms with van der Waals surface area (Å²) in [5.74, 6) is 1.76. The van der Waals surface area contributed by atoms with E-state index in [9.17, 15) is 9.59 Å². The molecule has 0 aromatic rings. The summed E-state index contributed by atoms with van der Waals surface area (Å²) in [5.41, 5.74) is 0.436. The highest BCUT2D eigenvalue weighted by Gasteiger charge is 2.63. The maximum absolute atomic E-state index is 11.2. The van der Waals surface area contributed by atoms with Crippen LogP contribution in [-0.4, -0.2) is 12.6 Å². The average Bonchev–Trinajstić information content (AvgIpc) is 3.04. The minimum atomic E-state index is -0.347. The van der Waals surface area contributed by atoms with Gasteiger partial charge in [-0.2, -0.15) is 0 Å². The molecule has 2 heteroatoms. The first-order valence-electron chi connectivity index (χ1n) is 5.95. The number of allylic oxidation sites excluding steroid dienone is 2. The fraction of sp³-hybridized carbons (Fsp3) is 0.692. The van der Waals surface area contributed by atoms with E-state index in [1.54, 1.807) is 0 Å². The van der Waals surface area contributed by atoms with Crippen LogP contribution in [0.5, 0.6) is 0 Å². The molecule has 3 rings (SSSR count). The first kappa shape index (κ1) is 9.32. The second-order valence-corrected chi connectivity index (χ2v) is 5.32. The Morgan fingerprint density at radius 2 is 2.07 bits per heavy atom. The van der Waals surface area contributed by atoms with Gasteiger partial charge in [-0.25, -0.2) is 0 Å². The quantitative estimate of drug-likeness (QED) is 0.646. The standard InChI is InChI=1S/C13H16O2/c14-7-10-5-9-3-1-2-4-11(9)12-6-13(10,12)8-15/h5,7-9,11-12H,1-4,6H2/t9-,11+,12+,13+/m0/s1. The van der Waals surface area contributed by atoms with Crippen LogP contribution in [0.2, 0.25) is 0 Å². The summed E-state index contributed by atoms with van der Waals surface area (Å²) in [6.45, 7) is 0. The Labute approximate surface area is 89.7 Å². The predicted molar refractivity (Wildman–Crippen MR) is 56.2 cm³/mol. The number of rotatable bonds is 2. The van der Waals surface area contributed by atoms with Crippen LogP contribution in [-0.2, 0) is 9.59 Å². The van der Waals surface area contributed by atoms with Crippen LogP contribution in [0.3, 0.4) is 0 Å². The number of carbonyl (C=O) groups excluding carboxylic acids is 2. The third-order valence-corrected chi connectivity index (χ3v) is 4.72. The first-order chi connectivity index (χ1) is 7.31. The lowest BCUT2D eigenvalue weighted by Crippen LogP contribution is -2.29. The number of aldehydes is 2. The lowest BCUT2D eigenvalue weighted by molar-refractivity contribution is -0.114. The van der Waals surface area contributed by atoms with Gasteiger partial charge >= 0.3 is 0 Å². The summed E-state index contributed by atoms with van der Waals surface area (Å²) >= 11 is 0. The summed E-state index contributed by atoms with van der Waals surface area (Å²) in [7, 11) is 0. The van der Waals surface area contributed by atoms with Crippen LogP contribution in [0.15, 0.2) is 11.6 Å². The van der Waals surface area contributed by atoms with Gasteiger partial charge < -0.3 is 4.79 Å². The van der Waals surface area contributed by atoms with Crippen molar-refractivity contribution in [2.75, 3.05) is 0 Å². The van der Waals surface area contributed by atoms with E-state index in [0.29, 0.717) is 17.8 Å². The van der Waals surface area contributed by atoms with E-state index in [2.05, 4.69) is 6.08 Å². The Hall–Kier alpha value is -0.920. The van der Waals surface area contributed by atoms with Gasteiger partial charge in [0, 0.05) is 5.57 Å². The Balaban J connectivity index is 1.98. The lowest BCUT2D eigenvalue weighted by atomic mass is 9.69. The first-order valence-corrected chi connectivity index (χ1v) is 5.95. The Morgan fingerprint density at radius 1 is 1.27 bits per heavy atom. The predicted octanol–water partition coefficient (Wildman–Crippen LogP) is 2.14. The third kappa shape index (κ3) is 1.11. The second-order valence-electron chi connectivity index (χ2n) is 5.32. The molecule has 2 fully saturated rings. The second kappa shape index (κ2) is 3.03. The molecular formula is C13H16O2. The molecule has 0 amide bonds. The summed E-state index contributed by atoms with van der Waals surface area (Å²) in [6.07, 6.45) is 10.0. The maximum atomic E-state index is 11.2. The van der Waals surface area contributed by atoms with Crippen molar-refractivity contribution in [3.8, 4) is 0 Å². The minimum Gasteiger partial charge on any atom is -0.302 e. The van der Waals surface area contributed by atoms with E-state index in [1.807, 2.05) is 0 Å². The van der Waals surface area contributed by atoms with E-state index in [-0.39, 0.29) is 5.41 Å². The van der Waals surface area contributed by atoms with Crippen LogP contribution >= 0.6 is 0 Å². The number of hydrogen-bond acceptors (Lipinski definition) is 2. The normalized spacial score (nSPS) is 47.2. The van der Waals surface area contributed by atoms with Crippen molar-refractivity contribution in [3.05, 3.63) is 11.6 Å². The zero-order valence-electron chi connectivity index (χ0n) is 8.82. The van der Waals surface area contributed by atoms with Crippen LogP contribution in [0.25, 0.3) is 0 Å². The largest absolute Gasteiger partial charge is 0.302 e. The molecule has 3 aliphatic carbocycles. The van der Waals surface area contributed by atoms with Gasteiger partial charge in [-0.1, -0.05) is 18.9 Å². The van der Waals surface area contributed by atoms with Gasteiger partial charge in [0.25, 0.3) is 0 Å². The molecule has 0 N–H and O–H groups in total. The number of carbonyl (C=O) groups is 2. The maximum Gasteiger partial charge on any atom is 0.146 e. The van der Waals surface area contributed by atoms with Crippen molar-refractivity contribution >= 4 is 12.6 Å². The SMILES string of the molecule is O=CC1=C[C@@H]2CCCC[C@H]2[C@H]2C[C@@]12C=O. The Morgan fingerprint density at radius 3 is 2.80 bits per heavy atom.